The monoisotopic (exact) mass is 429 g/mol. The highest BCUT2D eigenvalue weighted by Crippen LogP contribution is 2.23. The number of hydrogen-bond acceptors (Lipinski definition) is 6. The number of ether oxygens (including phenoxy) is 2. The fourth-order valence-electron chi connectivity index (χ4n) is 3.30. The zero-order chi connectivity index (χ0) is 22.5. The van der Waals surface area contributed by atoms with Gasteiger partial charge in [0.2, 0.25) is 11.8 Å². The van der Waals surface area contributed by atoms with Crippen LogP contribution in [0.25, 0.3) is 5.82 Å². The van der Waals surface area contributed by atoms with Crippen LogP contribution < -0.4 is 14.8 Å². The van der Waals surface area contributed by atoms with Crippen LogP contribution in [0, 0.1) is 13.8 Å². The fourth-order valence-corrected chi connectivity index (χ4v) is 3.30. The maximum absolute atomic E-state index is 12.4. The number of nitrogens with one attached hydrogen (secondary N) is 1. The van der Waals surface area contributed by atoms with Crippen LogP contribution in [0.1, 0.15) is 17.0 Å². The predicted molar refractivity (Wildman–Crippen MR) is 120 cm³/mol. The summed E-state index contributed by atoms with van der Waals surface area (Å²) in [7, 11) is 1.59. The topological polar surface area (TPSA) is 91.2 Å². The zero-order valence-corrected chi connectivity index (χ0v) is 18.1. The van der Waals surface area contributed by atoms with Gasteiger partial charge in [0.1, 0.15) is 11.5 Å². The Balaban J connectivity index is 1.36. The number of nitrogens with zero attached hydrogens (tertiary/aromatic N) is 4. The first-order chi connectivity index (χ1) is 15.5. The molecule has 0 unspecified atom stereocenters. The van der Waals surface area contributed by atoms with Crippen molar-refractivity contribution in [2.45, 2.75) is 20.3 Å². The van der Waals surface area contributed by atoms with Gasteiger partial charge in [0.05, 0.1) is 19.2 Å². The smallest absolute Gasteiger partial charge is 0.238 e. The number of rotatable bonds is 7. The summed E-state index contributed by atoms with van der Waals surface area (Å²) in [4.78, 5) is 12.4. The van der Waals surface area contributed by atoms with Gasteiger partial charge in [0.25, 0.3) is 0 Å². The van der Waals surface area contributed by atoms with E-state index in [0.717, 1.165) is 17.0 Å². The van der Waals surface area contributed by atoms with Gasteiger partial charge in [-0.15, -0.1) is 10.2 Å². The second-order valence-electron chi connectivity index (χ2n) is 7.23. The van der Waals surface area contributed by atoms with Crippen molar-refractivity contribution in [2.24, 2.45) is 0 Å². The summed E-state index contributed by atoms with van der Waals surface area (Å²) >= 11 is 0. The van der Waals surface area contributed by atoms with Gasteiger partial charge in [-0.25, -0.2) is 4.68 Å². The molecule has 0 radical (unpaired) electrons. The molecule has 0 aliphatic rings. The van der Waals surface area contributed by atoms with Gasteiger partial charge in [-0.2, -0.15) is 5.10 Å². The third-order valence-corrected chi connectivity index (χ3v) is 4.76. The Hall–Kier alpha value is -4.20. The molecule has 4 rings (SSSR count). The van der Waals surface area contributed by atoms with Gasteiger partial charge in [-0.1, -0.05) is 18.2 Å². The SMILES string of the molecule is COc1ccccc1CC(=O)Nc1ccc(Oc2ccc(-n3nc(C)cc3C)nn2)cc1. The largest absolute Gasteiger partial charge is 0.496 e. The molecule has 0 spiro atoms. The lowest BCUT2D eigenvalue weighted by Gasteiger charge is -2.10. The van der Waals surface area contributed by atoms with Crippen LogP contribution >= 0.6 is 0 Å². The van der Waals surface area contributed by atoms with Gasteiger partial charge in [0.15, 0.2) is 5.82 Å². The molecule has 32 heavy (non-hydrogen) atoms. The van der Waals surface area contributed by atoms with Crippen LogP contribution in [0.2, 0.25) is 0 Å². The van der Waals surface area contributed by atoms with Crippen LogP contribution in [0.4, 0.5) is 5.69 Å². The van der Waals surface area contributed by atoms with Gasteiger partial charge < -0.3 is 14.8 Å². The molecule has 2 aromatic carbocycles. The van der Waals surface area contributed by atoms with Crippen molar-refractivity contribution in [3.63, 3.8) is 0 Å². The number of anilines is 1. The number of aryl methyl sites for hydroxylation is 2. The van der Waals surface area contributed by atoms with Crippen LogP contribution in [0.3, 0.4) is 0 Å². The summed E-state index contributed by atoms with van der Waals surface area (Å²) in [6.07, 6.45) is 0.222. The van der Waals surface area contributed by atoms with E-state index >= 15 is 0 Å². The van der Waals surface area contributed by atoms with E-state index in [1.807, 2.05) is 44.2 Å². The quantitative estimate of drug-likeness (QED) is 0.472. The van der Waals surface area contributed by atoms with Crippen molar-refractivity contribution in [3.05, 3.63) is 83.7 Å². The van der Waals surface area contributed by atoms with E-state index in [1.165, 1.54) is 0 Å². The van der Waals surface area contributed by atoms with Crippen LogP contribution in [-0.2, 0) is 11.2 Å². The molecule has 1 amide bonds. The number of para-hydroxylation sites is 1. The molecule has 2 heterocycles. The Bertz CT molecular complexity index is 1220. The molecule has 1 N–H and O–H groups in total. The van der Waals surface area contributed by atoms with E-state index in [0.29, 0.717) is 28.9 Å². The maximum Gasteiger partial charge on any atom is 0.238 e. The molecule has 162 valence electrons. The summed E-state index contributed by atoms with van der Waals surface area (Å²) in [6, 6.07) is 20.0. The van der Waals surface area contributed by atoms with E-state index in [2.05, 4.69) is 20.6 Å². The number of amides is 1. The lowest BCUT2D eigenvalue weighted by molar-refractivity contribution is -0.115. The third-order valence-electron chi connectivity index (χ3n) is 4.76. The van der Waals surface area contributed by atoms with Gasteiger partial charge in [-0.05, 0) is 56.3 Å². The minimum atomic E-state index is -0.131. The minimum Gasteiger partial charge on any atom is -0.496 e. The van der Waals surface area contributed by atoms with E-state index < -0.39 is 0 Å². The van der Waals surface area contributed by atoms with Crippen molar-refractivity contribution >= 4 is 11.6 Å². The molecule has 0 saturated carbocycles. The summed E-state index contributed by atoms with van der Waals surface area (Å²) in [5.74, 6) is 2.13. The van der Waals surface area contributed by atoms with E-state index in [1.54, 1.807) is 48.2 Å². The second-order valence-corrected chi connectivity index (χ2v) is 7.23. The van der Waals surface area contributed by atoms with Gasteiger partial charge in [0, 0.05) is 23.0 Å². The summed E-state index contributed by atoms with van der Waals surface area (Å²) < 4.78 is 12.8. The predicted octanol–water partition coefficient (Wildman–Crippen LogP) is 4.26. The number of benzene rings is 2. The Kier molecular flexibility index (Phi) is 6.12. The molecule has 0 aliphatic carbocycles. The van der Waals surface area contributed by atoms with E-state index in [9.17, 15) is 4.79 Å². The van der Waals surface area contributed by atoms with Crippen molar-refractivity contribution in [1.82, 2.24) is 20.0 Å². The summed E-state index contributed by atoms with van der Waals surface area (Å²) in [6.45, 7) is 3.89. The van der Waals surface area contributed by atoms with Crippen LogP contribution in [0.5, 0.6) is 17.4 Å². The molecular weight excluding hydrogens is 406 g/mol. The van der Waals surface area contributed by atoms with Crippen molar-refractivity contribution in [2.75, 3.05) is 12.4 Å². The average molecular weight is 429 g/mol. The Morgan fingerprint density at radius 1 is 1.00 bits per heavy atom. The first-order valence-electron chi connectivity index (χ1n) is 10.1. The Labute approximate surface area is 185 Å². The molecular formula is C24H23N5O3. The first-order valence-corrected chi connectivity index (χ1v) is 10.1. The number of carbonyl (C=O) groups is 1. The highest BCUT2D eigenvalue weighted by atomic mass is 16.5. The number of hydrogen-bond donors (Lipinski definition) is 1. The fraction of sp³-hybridized carbons (Fsp3) is 0.167. The van der Waals surface area contributed by atoms with E-state index in [4.69, 9.17) is 9.47 Å². The lowest BCUT2D eigenvalue weighted by atomic mass is 10.1. The van der Waals surface area contributed by atoms with Crippen LogP contribution in [0.15, 0.2) is 66.7 Å². The van der Waals surface area contributed by atoms with Crippen molar-refractivity contribution in [3.8, 4) is 23.2 Å². The van der Waals surface area contributed by atoms with Crippen molar-refractivity contribution < 1.29 is 14.3 Å². The maximum atomic E-state index is 12.4. The second kappa shape index (κ2) is 9.30. The summed E-state index contributed by atoms with van der Waals surface area (Å²) in [5.41, 5.74) is 3.40. The molecule has 8 heteroatoms. The Morgan fingerprint density at radius 3 is 2.44 bits per heavy atom. The normalized spacial score (nSPS) is 10.6. The number of carbonyl (C=O) groups excluding carboxylic acids is 1. The van der Waals surface area contributed by atoms with Gasteiger partial charge >= 0.3 is 0 Å². The average Bonchev–Trinajstić information content (AvgIpc) is 3.14. The minimum absolute atomic E-state index is 0.131. The van der Waals surface area contributed by atoms with Crippen LogP contribution in [-0.4, -0.2) is 33.0 Å². The van der Waals surface area contributed by atoms with Gasteiger partial charge in [-0.3, -0.25) is 4.79 Å². The zero-order valence-electron chi connectivity index (χ0n) is 18.1. The molecule has 8 nitrogen and oxygen atoms in total. The molecule has 0 atom stereocenters. The third kappa shape index (κ3) is 4.92. The lowest BCUT2D eigenvalue weighted by Crippen LogP contribution is -2.14. The van der Waals surface area contributed by atoms with Crippen molar-refractivity contribution in [1.29, 1.82) is 0 Å². The molecule has 0 aliphatic heterocycles. The summed E-state index contributed by atoms with van der Waals surface area (Å²) in [5, 5.41) is 15.6. The molecule has 0 saturated heterocycles. The number of aromatic nitrogens is 4. The highest BCUT2D eigenvalue weighted by molar-refractivity contribution is 5.92. The molecule has 4 aromatic rings. The standard InChI is InChI=1S/C24H23N5O3/c1-16-14-17(2)29(28-16)22-12-13-24(27-26-22)32-20-10-8-19(9-11-20)25-23(30)15-18-6-4-5-7-21(18)31-3/h4-14H,15H2,1-3H3,(H,25,30). The first kappa shape index (κ1) is 21.0. The van der Waals surface area contributed by atoms with E-state index in [-0.39, 0.29) is 12.3 Å². The molecule has 0 bridgehead atoms. The number of methoxy groups -OCH3 is 1. The highest BCUT2D eigenvalue weighted by Gasteiger charge is 2.10. The molecule has 2 aromatic heterocycles. The Morgan fingerprint density at radius 2 is 1.78 bits per heavy atom. The molecule has 0 fully saturated rings.